The van der Waals surface area contributed by atoms with Gasteiger partial charge < -0.3 is 19.3 Å². The highest BCUT2D eigenvalue weighted by molar-refractivity contribution is 6.28. The van der Waals surface area contributed by atoms with Gasteiger partial charge in [-0.3, -0.25) is 0 Å². The lowest BCUT2D eigenvalue weighted by molar-refractivity contribution is 0.122. The lowest BCUT2D eigenvalue weighted by Gasteiger charge is -2.27. The molecule has 1 aromatic rings. The van der Waals surface area contributed by atoms with Gasteiger partial charge in [0, 0.05) is 33.8 Å². The van der Waals surface area contributed by atoms with Crippen LogP contribution in [0.4, 0.5) is 11.9 Å². The fraction of sp³-hybridized carbons (Fsp3) is 0.727. The molecule has 0 amide bonds. The van der Waals surface area contributed by atoms with E-state index in [9.17, 15) is 0 Å². The van der Waals surface area contributed by atoms with Gasteiger partial charge in [0.25, 0.3) is 0 Å². The molecule has 2 heterocycles. The van der Waals surface area contributed by atoms with Crippen LogP contribution in [0.3, 0.4) is 0 Å². The number of methoxy groups -OCH3 is 1. The number of hydrogen-bond donors (Lipinski definition) is 0. The molecule has 1 aliphatic heterocycles. The minimum absolute atomic E-state index is 0.204. The highest BCUT2D eigenvalue weighted by Gasteiger charge is 2.17. The van der Waals surface area contributed by atoms with Crippen molar-refractivity contribution in [3.8, 4) is 0 Å². The first-order valence-corrected chi connectivity index (χ1v) is 6.53. The van der Waals surface area contributed by atoms with Crippen LogP contribution in [-0.4, -0.2) is 68.6 Å². The van der Waals surface area contributed by atoms with Crippen LogP contribution in [0, 0.1) is 0 Å². The molecule has 0 bridgehead atoms. The Bertz CT molecular complexity index is 414. The number of rotatable bonds is 5. The van der Waals surface area contributed by atoms with Crippen molar-refractivity contribution in [3.63, 3.8) is 0 Å². The molecule has 0 aromatic carbocycles. The van der Waals surface area contributed by atoms with E-state index >= 15 is 0 Å². The second-order valence-electron chi connectivity index (χ2n) is 4.22. The second kappa shape index (κ2) is 6.83. The summed E-state index contributed by atoms with van der Waals surface area (Å²) in [6, 6.07) is 0. The smallest absolute Gasteiger partial charge is 0.231 e. The molecule has 0 saturated carbocycles. The van der Waals surface area contributed by atoms with Crippen molar-refractivity contribution in [2.75, 3.05) is 63.4 Å². The molecule has 1 aromatic heterocycles. The first-order valence-electron chi connectivity index (χ1n) is 6.15. The van der Waals surface area contributed by atoms with Crippen LogP contribution in [0.1, 0.15) is 0 Å². The highest BCUT2D eigenvalue weighted by Crippen LogP contribution is 2.16. The van der Waals surface area contributed by atoms with Crippen LogP contribution < -0.4 is 9.80 Å². The summed E-state index contributed by atoms with van der Waals surface area (Å²) in [7, 11) is 3.56. The van der Waals surface area contributed by atoms with Crippen molar-refractivity contribution in [2.45, 2.75) is 0 Å². The zero-order valence-electron chi connectivity index (χ0n) is 11.2. The quantitative estimate of drug-likeness (QED) is 0.779. The fourth-order valence-corrected chi connectivity index (χ4v) is 1.88. The number of likely N-dealkylation sites (N-methyl/N-ethyl adjacent to an activating group) is 1. The van der Waals surface area contributed by atoms with Gasteiger partial charge in [0.05, 0.1) is 19.8 Å². The number of halogens is 1. The first kappa shape index (κ1) is 14.2. The van der Waals surface area contributed by atoms with Crippen LogP contribution in [-0.2, 0) is 9.47 Å². The van der Waals surface area contributed by atoms with Crippen molar-refractivity contribution in [1.29, 1.82) is 0 Å². The van der Waals surface area contributed by atoms with E-state index in [1.807, 2.05) is 16.8 Å². The third-order valence-electron chi connectivity index (χ3n) is 2.85. The molecule has 1 fully saturated rings. The van der Waals surface area contributed by atoms with Gasteiger partial charge in [-0.2, -0.15) is 15.0 Å². The predicted octanol–water partition coefficient (Wildman–Crippen LogP) is 0.444. The van der Waals surface area contributed by atoms with Crippen LogP contribution in [0.25, 0.3) is 0 Å². The summed E-state index contributed by atoms with van der Waals surface area (Å²) in [5.74, 6) is 1.15. The maximum absolute atomic E-state index is 5.97. The third kappa shape index (κ3) is 3.89. The molecule has 106 valence electrons. The Morgan fingerprint density at radius 1 is 1.32 bits per heavy atom. The second-order valence-corrected chi connectivity index (χ2v) is 4.56. The Morgan fingerprint density at radius 2 is 2.05 bits per heavy atom. The number of anilines is 2. The van der Waals surface area contributed by atoms with E-state index in [1.165, 1.54) is 0 Å². The summed E-state index contributed by atoms with van der Waals surface area (Å²) in [6.45, 7) is 4.19. The topological polar surface area (TPSA) is 63.6 Å². The van der Waals surface area contributed by atoms with E-state index in [-0.39, 0.29) is 5.28 Å². The predicted molar refractivity (Wildman–Crippen MR) is 73.0 cm³/mol. The monoisotopic (exact) mass is 287 g/mol. The molecule has 0 spiro atoms. The Morgan fingerprint density at radius 3 is 2.74 bits per heavy atom. The fourth-order valence-electron chi connectivity index (χ4n) is 1.73. The summed E-state index contributed by atoms with van der Waals surface area (Å²) in [6.07, 6.45) is 0. The van der Waals surface area contributed by atoms with E-state index in [0.29, 0.717) is 38.3 Å². The average molecular weight is 288 g/mol. The van der Waals surface area contributed by atoms with E-state index < -0.39 is 0 Å². The van der Waals surface area contributed by atoms with Crippen molar-refractivity contribution in [1.82, 2.24) is 15.0 Å². The molecule has 0 radical (unpaired) electrons. The van der Waals surface area contributed by atoms with Crippen molar-refractivity contribution in [2.24, 2.45) is 0 Å². The summed E-state index contributed by atoms with van der Waals surface area (Å²) in [5.41, 5.74) is 0. The average Bonchev–Trinajstić information content (AvgIpc) is 2.45. The molecule has 7 nitrogen and oxygen atoms in total. The molecule has 2 rings (SSSR count). The number of nitrogens with zero attached hydrogens (tertiary/aromatic N) is 5. The molecule has 8 heteroatoms. The maximum atomic E-state index is 5.97. The van der Waals surface area contributed by atoms with Gasteiger partial charge in [0.15, 0.2) is 0 Å². The molecule has 0 N–H and O–H groups in total. The van der Waals surface area contributed by atoms with Gasteiger partial charge in [-0.05, 0) is 11.6 Å². The van der Waals surface area contributed by atoms with E-state index in [0.717, 1.165) is 13.1 Å². The van der Waals surface area contributed by atoms with E-state index in [1.54, 1.807) is 7.11 Å². The van der Waals surface area contributed by atoms with Gasteiger partial charge in [-0.15, -0.1) is 0 Å². The van der Waals surface area contributed by atoms with Crippen LogP contribution in [0.5, 0.6) is 0 Å². The molecular formula is C11H18ClN5O2. The van der Waals surface area contributed by atoms with E-state index in [2.05, 4.69) is 15.0 Å². The minimum atomic E-state index is 0.204. The molecule has 0 unspecified atom stereocenters. The number of morpholine rings is 1. The Balaban J connectivity index is 2.13. The van der Waals surface area contributed by atoms with Gasteiger partial charge in [0.1, 0.15) is 0 Å². The lowest BCUT2D eigenvalue weighted by atomic mass is 10.4. The SMILES string of the molecule is COCCN(C)c1nc(Cl)nc(N2CCOCC2)n1. The first-order chi connectivity index (χ1) is 9.20. The number of aromatic nitrogens is 3. The molecular weight excluding hydrogens is 270 g/mol. The summed E-state index contributed by atoms with van der Waals surface area (Å²) >= 11 is 5.97. The molecule has 19 heavy (non-hydrogen) atoms. The van der Waals surface area contributed by atoms with Crippen LogP contribution in [0.2, 0.25) is 5.28 Å². The zero-order valence-corrected chi connectivity index (χ0v) is 11.9. The van der Waals surface area contributed by atoms with Crippen LogP contribution >= 0.6 is 11.6 Å². The zero-order chi connectivity index (χ0) is 13.7. The molecule has 1 aliphatic rings. The lowest BCUT2D eigenvalue weighted by Crippen LogP contribution is -2.38. The Kier molecular flexibility index (Phi) is 5.12. The van der Waals surface area contributed by atoms with Crippen molar-refractivity contribution < 1.29 is 9.47 Å². The summed E-state index contributed by atoms with van der Waals surface area (Å²) in [4.78, 5) is 16.7. The van der Waals surface area contributed by atoms with Gasteiger partial charge in [-0.1, -0.05) is 0 Å². The molecule has 0 aliphatic carbocycles. The van der Waals surface area contributed by atoms with Crippen molar-refractivity contribution in [3.05, 3.63) is 5.28 Å². The van der Waals surface area contributed by atoms with Crippen LogP contribution in [0.15, 0.2) is 0 Å². The Hall–Kier alpha value is -1.18. The molecule has 0 atom stereocenters. The summed E-state index contributed by atoms with van der Waals surface area (Å²) < 4.78 is 10.3. The number of hydrogen-bond acceptors (Lipinski definition) is 7. The minimum Gasteiger partial charge on any atom is -0.383 e. The van der Waals surface area contributed by atoms with E-state index in [4.69, 9.17) is 21.1 Å². The Labute approximate surface area is 117 Å². The highest BCUT2D eigenvalue weighted by atomic mass is 35.5. The van der Waals surface area contributed by atoms with Gasteiger partial charge in [0.2, 0.25) is 17.2 Å². The maximum Gasteiger partial charge on any atom is 0.231 e. The largest absolute Gasteiger partial charge is 0.383 e. The van der Waals surface area contributed by atoms with Gasteiger partial charge in [-0.25, -0.2) is 0 Å². The normalized spacial score (nSPS) is 15.6. The van der Waals surface area contributed by atoms with Crippen molar-refractivity contribution >= 4 is 23.5 Å². The summed E-state index contributed by atoms with van der Waals surface area (Å²) in [5, 5.41) is 0.204. The standard InChI is InChI=1S/C11H18ClN5O2/c1-16(3-6-18-2)10-13-9(12)14-11(15-10)17-4-7-19-8-5-17/h3-8H2,1-2H3. The number of ether oxygens (including phenoxy) is 2. The molecule has 1 saturated heterocycles. The third-order valence-corrected chi connectivity index (χ3v) is 3.02. The van der Waals surface area contributed by atoms with Gasteiger partial charge >= 0.3 is 0 Å².